The molecule has 0 aromatic carbocycles. The van der Waals surface area contributed by atoms with E-state index < -0.39 is 0 Å². The van der Waals surface area contributed by atoms with E-state index in [0.29, 0.717) is 0 Å². The van der Waals surface area contributed by atoms with Gasteiger partial charge in [-0.25, -0.2) is 0 Å². The van der Waals surface area contributed by atoms with Crippen LogP contribution in [-0.2, 0) is 0 Å². The van der Waals surface area contributed by atoms with E-state index in [0.717, 1.165) is 5.92 Å². The molecule has 1 atom stereocenters. The fourth-order valence-corrected chi connectivity index (χ4v) is 1.96. The molecule has 0 aromatic heterocycles. The molecule has 1 aliphatic carbocycles. The number of nitrogens with zero attached hydrogens (tertiary/aromatic N) is 1. The van der Waals surface area contributed by atoms with Crippen LogP contribution in [0.1, 0.15) is 19.3 Å². The standard InChI is InChI=1S/C8H16N2/c1-10-5-2-7(6-10)8(9)3-4-8/h7H,2-6,9H2,1H3/t7-/m1/s1. The molecule has 1 aliphatic heterocycles. The van der Waals surface area contributed by atoms with Crippen LogP contribution in [0.4, 0.5) is 0 Å². The van der Waals surface area contributed by atoms with Gasteiger partial charge in [0.2, 0.25) is 0 Å². The Bertz CT molecular complexity index is 140. The highest BCUT2D eigenvalue weighted by atomic mass is 15.1. The third kappa shape index (κ3) is 0.956. The molecule has 2 heteroatoms. The third-order valence-corrected chi connectivity index (χ3v) is 3.03. The van der Waals surface area contributed by atoms with Crippen molar-refractivity contribution in [3.8, 4) is 0 Å². The molecule has 2 fully saturated rings. The first kappa shape index (κ1) is 6.62. The van der Waals surface area contributed by atoms with E-state index in [-0.39, 0.29) is 5.54 Å². The van der Waals surface area contributed by atoms with Crippen molar-refractivity contribution in [2.45, 2.75) is 24.8 Å². The van der Waals surface area contributed by atoms with Crippen molar-refractivity contribution in [2.24, 2.45) is 11.7 Å². The fourth-order valence-electron chi connectivity index (χ4n) is 1.96. The normalized spacial score (nSPS) is 38.4. The van der Waals surface area contributed by atoms with E-state index in [2.05, 4.69) is 11.9 Å². The summed E-state index contributed by atoms with van der Waals surface area (Å²) in [4.78, 5) is 2.39. The Kier molecular flexibility index (Phi) is 1.29. The molecular formula is C8H16N2. The molecule has 2 nitrogen and oxygen atoms in total. The number of nitrogens with two attached hydrogens (primary N) is 1. The van der Waals surface area contributed by atoms with Crippen LogP contribution in [0.15, 0.2) is 0 Å². The van der Waals surface area contributed by atoms with E-state index in [4.69, 9.17) is 5.73 Å². The van der Waals surface area contributed by atoms with Crippen molar-refractivity contribution >= 4 is 0 Å². The zero-order valence-corrected chi connectivity index (χ0v) is 6.64. The zero-order chi connectivity index (χ0) is 7.19. The van der Waals surface area contributed by atoms with Crippen molar-refractivity contribution in [2.75, 3.05) is 20.1 Å². The number of hydrogen-bond acceptors (Lipinski definition) is 2. The zero-order valence-electron chi connectivity index (χ0n) is 6.64. The Morgan fingerprint density at radius 1 is 1.50 bits per heavy atom. The van der Waals surface area contributed by atoms with Crippen LogP contribution in [0.5, 0.6) is 0 Å². The second kappa shape index (κ2) is 1.95. The lowest BCUT2D eigenvalue weighted by molar-refractivity contribution is 0.361. The van der Waals surface area contributed by atoms with Gasteiger partial charge in [0.1, 0.15) is 0 Å². The first-order chi connectivity index (χ1) is 4.71. The lowest BCUT2D eigenvalue weighted by atomic mass is 9.98. The Labute approximate surface area is 62.4 Å². The first-order valence-electron chi connectivity index (χ1n) is 4.18. The van der Waals surface area contributed by atoms with Gasteiger partial charge in [-0.05, 0) is 38.8 Å². The minimum Gasteiger partial charge on any atom is -0.325 e. The number of likely N-dealkylation sites (tertiary alicyclic amines) is 1. The van der Waals surface area contributed by atoms with E-state index in [9.17, 15) is 0 Å². The molecule has 0 unspecified atom stereocenters. The molecule has 0 radical (unpaired) electrons. The average molecular weight is 140 g/mol. The van der Waals surface area contributed by atoms with Crippen LogP contribution >= 0.6 is 0 Å². The molecule has 2 rings (SSSR count). The molecule has 58 valence electrons. The summed E-state index contributed by atoms with van der Waals surface area (Å²) in [7, 11) is 2.19. The topological polar surface area (TPSA) is 29.3 Å². The van der Waals surface area contributed by atoms with E-state index >= 15 is 0 Å². The summed E-state index contributed by atoms with van der Waals surface area (Å²) in [6.45, 7) is 2.49. The Morgan fingerprint density at radius 3 is 2.60 bits per heavy atom. The van der Waals surface area contributed by atoms with Crippen LogP contribution in [0.2, 0.25) is 0 Å². The largest absolute Gasteiger partial charge is 0.325 e. The van der Waals surface area contributed by atoms with Crippen molar-refractivity contribution in [1.29, 1.82) is 0 Å². The summed E-state index contributed by atoms with van der Waals surface area (Å²) in [6.07, 6.45) is 3.87. The van der Waals surface area contributed by atoms with Crippen molar-refractivity contribution in [3.63, 3.8) is 0 Å². The van der Waals surface area contributed by atoms with Crippen LogP contribution in [0.25, 0.3) is 0 Å². The minimum atomic E-state index is 0.269. The smallest absolute Gasteiger partial charge is 0.0197 e. The highest BCUT2D eigenvalue weighted by Crippen LogP contribution is 2.43. The Morgan fingerprint density at radius 2 is 2.20 bits per heavy atom. The van der Waals surface area contributed by atoms with Gasteiger partial charge in [0.25, 0.3) is 0 Å². The summed E-state index contributed by atoms with van der Waals surface area (Å²) >= 11 is 0. The number of hydrogen-bond donors (Lipinski definition) is 1. The van der Waals surface area contributed by atoms with Crippen molar-refractivity contribution in [3.05, 3.63) is 0 Å². The SMILES string of the molecule is CN1CC[C@@H](C2(N)CC2)C1. The Hall–Kier alpha value is -0.0800. The number of rotatable bonds is 1. The maximum atomic E-state index is 6.09. The van der Waals surface area contributed by atoms with Gasteiger partial charge in [0, 0.05) is 12.1 Å². The highest BCUT2D eigenvalue weighted by Gasteiger charge is 2.47. The molecule has 0 amide bonds. The van der Waals surface area contributed by atoms with Crippen LogP contribution in [-0.4, -0.2) is 30.6 Å². The average Bonchev–Trinajstić information content (AvgIpc) is 2.45. The van der Waals surface area contributed by atoms with Gasteiger partial charge in [0.15, 0.2) is 0 Å². The van der Waals surface area contributed by atoms with E-state index in [1.54, 1.807) is 0 Å². The Balaban J connectivity index is 1.95. The highest BCUT2D eigenvalue weighted by molar-refractivity contribution is 5.06. The van der Waals surface area contributed by atoms with Gasteiger partial charge in [-0.3, -0.25) is 0 Å². The molecular weight excluding hydrogens is 124 g/mol. The van der Waals surface area contributed by atoms with Gasteiger partial charge in [0.05, 0.1) is 0 Å². The second-order valence-electron chi connectivity index (χ2n) is 3.98. The molecule has 1 saturated heterocycles. The maximum absolute atomic E-state index is 6.09. The molecule has 0 bridgehead atoms. The molecule has 10 heavy (non-hydrogen) atoms. The molecule has 0 aromatic rings. The summed E-state index contributed by atoms with van der Waals surface area (Å²) in [5.41, 5.74) is 6.36. The van der Waals surface area contributed by atoms with Crippen LogP contribution in [0, 0.1) is 5.92 Å². The van der Waals surface area contributed by atoms with Gasteiger partial charge < -0.3 is 10.6 Å². The molecule has 1 saturated carbocycles. The lowest BCUT2D eigenvalue weighted by Crippen LogP contribution is -2.33. The minimum absolute atomic E-state index is 0.269. The molecule has 2 aliphatic rings. The van der Waals surface area contributed by atoms with Crippen molar-refractivity contribution in [1.82, 2.24) is 4.90 Å². The van der Waals surface area contributed by atoms with Crippen molar-refractivity contribution < 1.29 is 0 Å². The van der Waals surface area contributed by atoms with E-state index in [1.807, 2.05) is 0 Å². The summed E-state index contributed by atoms with van der Waals surface area (Å²) < 4.78 is 0. The molecule has 0 spiro atoms. The quantitative estimate of drug-likeness (QED) is 0.572. The summed E-state index contributed by atoms with van der Waals surface area (Å²) in [5.74, 6) is 0.803. The van der Waals surface area contributed by atoms with Gasteiger partial charge in [-0.2, -0.15) is 0 Å². The summed E-state index contributed by atoms with van der Waals surface area (Å²) in [5, 5.41) is 0. The monoisotopic (exact) mass is 140 g/mol. The predicted molar refractivity (Wildman–Crippen MR) is 41.8 cm³/mol. The van der Waals surface area contributed by atoms with E-state index in [1.165, 1.54) is 32.4 Å². The first-order valence-corrected chi connectivity index (χ1v) is 4.18. The van der Waals surface area contributed by atoms with Crippen LogP contribution in [0.3, 0.4) is 0 Å². The molecule has 2 N–H and O–H groups in total. The lowest BCUT2D eigenvalue weighted by Gasteiger charge is -2.16. The fraction of sp³-hybridized carbons (Fsp3) is 1.00. The maximum Gasteiger partial charge on any atom is 0.0197 e. The third-order valence-electron chi connectivity index (χ3n) is 3.03. The predicted octanol–water partition coefficient (Wildman–Crippen LogP) is 0.429. The molecule has 1 heterocycles. The second-order valence-corrected chi connectivity index (χ2v) is 3.98. The van der Waals surface area contributed by atoms with Crippen LogP contribution < -0.4 is 5.73 Å². The summed E-state index contributed by atoms with van der Waals surface area (Å²) in [6, 6.07) is 0. The van der Waals surface area contributed by atoms with Gasteiger partial charge >= 0.3 is 0 Å². The van der Waals surface area contributed by atoms with Gasteiger partial charge in [-0.1, -0.05) is 0 Å². The van der Waals surface area contributed by atoms with Gasteiger partial charge in [-0.15, -0.1) is 0 Å².